The number of hydrogen-bond donors (Lipinski definition) is 1. The molecule has 2 aromatic rings. The molecule has 0 bridgehead atoms. The van der Waals surface area contributed by atoms with Crippen molar-refractivity contribution in [2.45, 2.75) is 6.04 Å². The summed E-state index contributed by atoms with van der Waals surface area (Å²) in [4.78, 5) is 5.21. The summed E-state index contributed by atoms with van der Waals surface area (Å²) in [6.45, 7) is 0. The molecule has 1 unspecified atom stereocenters. The normalized spacial score (nSPS) is 13.1. The zero-order valence-corrected chi connectivity index (χ0v) is 8.16. The Morgan fingerprint density at radius 3 is 3.00 bits per heavy atom. The molecular weight excluding hydrogens is 182 g/mol. The van der Waals surface area contributed by atoms with Crippen LogP contribution in [0.2, 0.25) is 0 Å². The first-order valence-electron chi connectivity index (χ1n) is 4.04. The number of hydrogen-bond acceptors (Lipinski definition) is 3. The standard InChI is InChI=1S/C9H11N3S/c1-12-6-11-5-7(12)9(10)8-3-2-4-13-8/h2-6,9H,10H2,1H3. The van der Waals surface area contributed by atoms with Gasteiger partial charge >= 0.3 is 0 Å². The molecule has 13 heavy (non-hydrogen) atoms. The van der Waals surface area contributed by atoms with Crippen molar-refractivity contribution in [3.63, 3.8) is 0 Å². The number of aryl methyl sites for hydroxylation is 1. The molecule has 2 N–H and O–H groups in total. The predicted octanol–water partition coefficient (Wildman–Crippen LogP) is 1.53. The van der Waals surface area contributed by atoms with E-state index in [2.05, 4.69) is 4.98 Å². The topological polar surface area (TPSA) is 43.8 Å². The van der Waals surface area contributed by atoms with E-state index in [1.54, 1.807) is 17.7 Å². The number of rotatable bonds is 2. The number of thiophene rings is 1. The third-order valence-electron chi connectivity index (χ3n) is 2.02. The van der Waals surface area contributed by atoms with Crippen LogP contribution in [0.1, 0.15) is 16.6 Å². The fraction of sp³-hybridized carbons (Fsp3) is 0.222. The Balaban J connectivity index is 2.33. The maximum absolute atomic E-state index is 6.06. The van der Waals surface area contributed by atoms with Crippen LogP contribution >= 0.6 is 11.3 Å². The first-order valence-corrected chi connectivity index (χ1v) is 4.92. The molecule has 4 heteroatoms. The van der Waals surface area contributed by atoms with Crippen molar-refractivity contribution < 1.29 is 0 Å². The van der Waals surface area contributed by atoms with Crippen molar-refractivity contribution >= 4 is 11.3 Å². The summed E-state index contributed by atoms with van der Waals surface area (Å²) in [5, 5.41) is 2.03. The average molecular weight is 193 g/mol. The fourth-order valence-corrected chi connectivity index (χ4v) is 2.02. The number of aromatic nitrogens is 2. The van der Waals surface area contributed by atoms with Crippen molar-refractivity contribution in [2.75, 3.05) is 0 Å². The number of nitrogens with zero attached hydrogens (tertiary/aromatic N) is 2. The van der Waals surface area contributed by atoms with Crippen LogP contribution < -0.4 is 5.73 Å². The highest BCUT2D eigenvalue weighted by Gasteiger charge is 2.12. The molecule has 0 amide bonds. The lowest BCUT2D eigenvalue weighted by atomic mass is 10.2. The van der Waals surface area contributed by atoms with Gasteiger partial charge in [0, 0.05) is 11.9 Å². The van der Waals surface area contributed by atoms with E-state index in [4.69, 9.17) is 5.73 Å². The van der Waals surface area contributed by atoms with Gasteiger partial charge in [0.05, 0.1) is 24.3 Å². The highest BCUT2D eigenvalue weighted by Crippen LogP contribution is 2.22. The second kappa shape index (κ2) is 3.32. The van der Waals surface area contributed by atoms with Gasteiger partial charge in [-0.3, -0.25) is 0 Å². The maximum atomic E-state index is 6.06. The van der Waals surface area contributed by atoms with Gasteiger partial charge in [-0.15, -0.1) is 11.3 Å². The molecule has 0 fully saturated rings. The van der Waals surface area contributed by atoms with Crippen LogP contribution in [0.5, 0.6) is 0 Å². The zero-order valence-electron chi connectivity index (χ0n) is 7.34. The Labute approximate surface area is 80.8 Å². The first-order chi connectivity index (χ1) is 6.29. The lowest BCUT2D eigenvalue weighted by Crippen LogP contribution is -2.13. The highest BCUT2D eigenvalue weighted by molar-refractivity contribution is 7.10. The summed E-state index contributed by atoms with van der Waals surface area (Å²) in [5.41, 5.74) is 7.10. The second-order valence-corrected chi connectivity index (χ2v) is 3.90. The van der Waals surface area contributed by atoms with E-state index in [1.807, 2.05) is 35.3 Å². The van der Waals surface area contributed by atoms with Gasteiger partial charge in [-0.2, -0.15) is 0 Å². The molecule has 0 saturated carbocycles. The minimum Gasteiger partial charge on any atom is -0.336 e. The quantitative estimate of drug-likeness (QED) is 0.786. The third kappa shape index (κ3) is 1.50. The van der Waals surface area contributed by atoms with Gasteiger partial charge in [0.1, 0.15) is 0 Å². The lowest BCUT2D eigenvalue weighted by molar-refractivity contribution is 0.755. The molecule has 0 aliphatic rings. The maximum Gasteiger partial charge on any atom is 0.0946 e. The van der Waals surface area contributed by atoms with Gasteiger partial charge in [-0.05, 0) is 11.4 Å². The van der Waals surface area contributed by atoms with Gasteiger partial charge in [0.2, 0.25) is 0 Å². The monoisotopic (exact) mass is 193 g/mol. The molecule has 0 radical (unpaired) electrons. The predicted molar refractivity (Wildman–Crippen MR) is 53.6 cm³/mol. The van der Waals surface area contributed by atoms with Gasteiger partial charge in [0.15, 0.2) is 0 Å². The Kier molecular flexibility index (Phi) is 2.16. The molecular formula is C9H11N3S. The summed E-state index contributed by atoms with van der Waals surface area (Å²) in [7, 11) is 1.95. The fourth-order valence-electron chi connectivity index (χ4n) is 1.28. The first kappa shape index (κ1) is 8.47. The Morgan fingerprint density at radius 1 is 1.62 bits per heavy atom. The van der Waals surface area contributed by atoms with Crippen LogP contribution in [-0.2, 0) is 7.05 Å². The zero-order chi connectivity index (χ0) is 9.26. The Morgan fingerprint density at radius 2 is 2.46 bits per heavy atom. The largest absolute Gasteiger partial charge is 0.336 e. The summed E-state index contributed by atoms with van der Waals surface area (Å²) >= 11 is 1.67. The van der Waals surface area contributed by atoms with Crippen molar-refractivity contribution in [1.82, 2.24) is 9.55 Å². The minimum absolute atomic E-state index is 0.0486. The molecule has 1 atom stereocenters. The van der Waals surface area contributed by atoms with Crippen molar-refractivity contribution in [2.24, 2.45) is 12.8 Å². The van der Waals surface area contributed by atoms with E-state index in [0.29, 0.717) is 0 Å². The van der Waals surface area contributed by atoms with Crippen molar-refractivity contribution in [1.29, 1.82) is 0 Å². The van der Waals surface area contributed by atoms with E-state index in [-0.39, 0.29) is 6.04 Å². The molecule has 3 nitrogen and oxygen atoms in total. The summed E-state index contributed by atoms with van der Waals surface area (Å²) in [5.74, 6) is 0. The smallest absolute Gasteiger partial charge is 0.0946 e. The van der Waals surface area contributed by atoms with Crippen LogP contribution in [0, 0.1) is 0 Å². The number of nitrogens with two attached hydrogens (primary N) is 1. The molecule has 0 saturated heterocycles. The van der Waals surface area contributed by atoms with Crippen LogP contribution in [0.25, 0.3) is 0 Å². The molecule has 0 aliphatic carbocycles. The Hall–Kier alpha value is -1.13. The molecule has 2 heterocycles. The van der Waals surface area contributed by atoms with E-state index < -0.39 is 0 Å². The SMILES string of the molecule is Cn1cncc1C(N)c1cccs1. The van der Waals surface area contributed by atoms with Crippen LogP contribution in [0.15, 0.2) is 30.0 Å². The van der Waals surface area contributed by atoms with Crippen molar-refractivity contribution in [3.8, 4) is 0 Å². The lowest BCUT2D eigenvalue weighted by Gasteiger charge is -2.09. The third-order valence-corrected chi connectivity index (χ3v) is 2.98. The molecule has 0 spiro atoms. The van der Waals surface area contributed by atoms with E-state index in [1.165, 1.54) is 4.88 Å². The summed E-state index contributed by atoms with van der Waals surface area (Å²) < 4.78 is 1.95. The Bertz CT molecular complexity index is 377. The second-order valence-electron chi connectivity index (χ2n) is 2.92. The van der Waals surface area contributed by atoms with Crippen LogP contribution in [0.3, 0.4) is 0 Å². The minimum atomic E-state index is -0.0486. The molecule has 0 aliphatic heterocycles. The van der Waals surface area contributed by atoms with E-state index >= 15 is 0 Å². The molecule has 0 aromatic carbocycles. The summed E-state index contributed by atoms with van der Waals surface area (Å²) in [6.07, 6.45) is 3.58. The van der Waals surface area contributed by atoms with Gasteiger partial charge in [-0.25, -0.2) is 4.98 Å². The van der Waals surface area contributed by atoms with Gasteiger partial charge in [0.25, 0.3) is 0 Å². The van der Waals surface area contributed by atoms with Crippen LogP contribution in [-0.4, -0.2) is 9.55 Å². The van der Waals surface area contributed by atoms with E-state index in [0.717, 1.165) is 5.69 Å². The van der Waals surface area contributed by atoms with Gasteiger partial charge < -0.3 is 10.3 Å². The average Bonchev–Trinajstić information content (AvgIpc) is 2.72. The van der Waals surface area contributed by atoms with Crippen molar-refractivity contribution in [3.05, 3.63) is 40.6 Å². The highest BCUT2D eigenvalue weighted by atomic mass is 32.1. The van der Waals surface area contributed by atoms with Gasteiger partial charge in [-0.1, -0.05) is 6.07 Å². The molecule has 2 rings (SSSR count). The molecule has 2 aromatic heterocycles. The number of imidazole rings is 1. The van der Waals surface area contributed by atoms with E-state index in [9.17, 15) is 0 Å². The summed E-state index contributed by atoms with van der Waals surface area (Å²) in [6, 6.07) is 4.01. The van der Waals surface area contributed by atoms with Crippen LogP contribution in [0.4, 0.5) is 0 Å². The molecule has 68 valence electrons.